The first kappa shape index (κ1) is 14.7. The van der Waals surface area contributed by atoms with Crippen molar-refractivity contribution in [3.8, 4) is 0 Å². The van der Waals surface area contributed by atoms with Crippen molar-refractivity contribution in [2.45, 2.75) is 32.1 Å². The number of carbonyl (C=O) groups is 1. The van der Waals surface area contributed by atoms with Crippen molar-refractivity contribution in [3.05, 3.63) is 47.3 Å². The van der Waals surface area contributed by atoms with Crippen LogP contribution in [0.1, 0.15) is 36.0 Å². The molecule has 1 aromatic heterocycles. The Balaban J connectivity index is 1.66. The lowest BCUT2D eigenvalue weighted by Crippen LogP contribution is -2.40. The number of nitrogens with one attached hydrogen (secondary N) is 1. The minimum absolute atomic E-state index is 0.0398. The van der Waals surface area contributed by atoms with Gasteiger partial charge in [-0.05, 0) is 31.4 Å². The summed E-state index contributed by atoms with van der Waals surface area (Å²) in [6.07, 6.45) is 1.99. The van der Waals surface area contributed by atoms with Crippen LogP contribution in [0, 0.1) is 12.7 Å². The lowest BCUT2D eigenvalue weighted by atomic mass is 9.96. The highest BCUT2D eigenvalue weighted by molar-refractivity contribution is 5.79. The average molecular weight is 302 g/mol. The first-order valence-electron chi connectivity index (χ1n) is 7.53. The third kappa shape index (κ3) is 3.16. The number of piperidine rings is 1. The zero-order valence-corrected chi connectivity index (χ0v) is 12.6. The Morgan fingerprint density at radius 3 is 3.00 bits per heavy atom. The summed E-state index contributed by atoms with van der Waals surface area (Å²) >= 11 is 0. The summed E-state index contributed by atoms with van der Waals surface area (Å²) in [6, 6.07) is 6.43. The van der Waals surface area contributed by atoms with Crippen LogP contribution in [0.25, 0.3) is 0 Å². The SMILES string of the molecule is Cc1nc([C@@H]2CCCN(C(=O)Cc3ccccc3F)C2)n[nH]1. The van der Waals surface area contributed by atoms with Crippen LogP contribution in [0.15, 0.2) is 24.3 Å². The molecule has 0 radical (unpaired) electrons. The lowest BCUT2D eigenvalue weighted by molar-refractivity contribution is -0.131. The quantitative estimate of drug-likeness (QED) is 0.945. The Labute approximate surface area is 128 Å². The summed E-state index contributed by atoms with van der Waals surface area (Å²) in [6.45, 7) is 3.18. The second-order valence-electron chi connectivity index (χ2n) is 5.73. The molecule has 1 saturated heterocycles. The third-order valence-electron chi connectivity index (χ3n) is 4.05. The molecule has 0 aliphatic carbocycles. The van der Waals surface area contributed by atoms with Crippen LogP contribution in [0.3, 0.4) is 0 Å². The van der Waals surface area contributed by atoms with Gasteiger partial charge in [0, 0.05) is 19.0 Å². The molecule has 5 nitrogen and oxygen atoms in total. The van der Waals surface area contributed by atoms with E-state index >= 15 is 0 Å². The average Bonchev–Trinajstić information content (AvgIpc) is 2.96. The number of nitrogens with zero attached hydrogens (tertiary/aromatic N) is 3. The molecule has 22 heavy (non-hydrogen) atoms. The summed E-state index contributed by atoms with van der Waals surface area (Å²) in [5, 5.41) is 7.04. The molecule has 1 atom stereocenters. The number of likely N-dealkylation sites (tertiary alicyclic amines) is 1. The Morgan fingerprint density at radius 2 is 2.27 bits per heavy atom. The summed E-state index contributed by atoms with van der Waals surface area (Å²) in [5.41, 5.74) is 0.448. The monoisotopic (exact) mass is 302 g/mol. The molecule has 0 spiro atoms. The Bertz CT molecular complexity index is 670. The fraction of sp³-hybridized carbons (Fsp3) is 0.438. The van der Waals surface area contributed by atoms with Gasteiger partial charge < -0.3 is 4.90 Å². The summed E-state index contributed by atoms with van der Waals surface area (Å²) < 4.78 is 13.7. The van der Waals surface area contributed by atoms with E-state index in [0.29, 0.717) is 18.7 Å². The number of H-pyrrole nitrogens is 1. The number of carbonyl (C=O) groups excluding carboxylic acids is 1. The topological polar surface area (TPSA) is 61.9 Å². The van der Waals surface area contributed by atoms with E-state index in [0.717, 1.165) is 24.5 Å². The first-order chi connectivity index (χ1) is 10.6. The van der Waals surface area contributed by atoms with Gasteiger partial charge in [-0.3, -0.25) is 9.89 Å². The maximum absolute atomic E-state index is 13.7. The molecule has 116 valence electrons. The van der Waals surface area contributed by atoms with Crippen LogP contribution < -0.4 is 0 Å². The van der Waals surface area contributed by atoms with E-state index in [9.17, 15) is 9.18 Å². The Morgan fingerprint density at radius 1 is 1.45 bits per heavy atom. The van der Waals surface area contributed by atoms with Crippen molar-refractivity contribution in [2.75, 3.05) is 13.1 Å². The van der Waals surface area contributed by atoms with E-state index in [-0.39, 0.29) is 24.1 Å². The zero-order valence-electron chi connectivity index (χ0n) is 12.6. The molecule has 6 heteroatoms. The van der Waals surface area contributed by atoms with Crippen molar-refractivity contribution in [1.82, 2.24) is 20.1 Å². The second kappa shape index (κ2) is 6.25. The van der Waals surface area contributed by atoms with E-state index in [2.05, 4.69) is 15.2 Å². The van der Waals surface area contributed by atoms with Crippen LogP contribution in [-0.2, 0) is 11.2 Å². The van der Waals surface area contributed by atoms with Gasteiger partial charge in [-0.15, -0.1) is 0 Å². The molecular weight excluding hydrogens is 283 g/mol. The van der Waals surface area contributed by atoms with Crippen molar-refractivity contribution < 1.29 is 9.18 Å². The Hall–Kier alpha value is -2.24. The molecule has 1 amide bonds. The zero-order chi connectivity index (χ0) is 15.5. The number of benzene rings is 1. The number of rotatable bonds is 3. The van der Waals surface area contributed by atoms with Crippen molar-refractivity contribution in [2.24, 2.45) is 0 Å². The number of aromatic amines is 1. The number of hydrogen-bond donors (Lipinski definition) is 1. The second-order valence-corrected chi connectivity index (χ2v) is 5.73. The fourth-order valence-electron chi connectivity index (χ4n) is 2.87. The van der Waals surface area contributed by atoms with E-state index in [1.807, 2.05) is 6.92 Å². The molecule has 1 aliphatic rings. The highest BCUT2D eigenvalue weighted by Gasteiger charge is 2.27. The molecule has 2 aromatic rings. The van der Waals surface area contributed by atoms with Crippen LogP contribution >= 0.6 is 0 Å². The minimum atomic E-state index is -0.325. The van der Waals surface area contributed by atoms with Crippen molar-refractivity contribution in [3.63, 3.8) is 0 Å². The standard InChI is InChI=1S/C16H19FN4O/c1-11-18-16(20-19-11)13-6-4-8-21(10-13)15(22)9-12-5-2-3-7-14(12)17/h2-3,5,7,13H,4,6,8-10H2,1H3,(H,18,19,20)/t13-/m1/s1. The van der Waals surface area contributed by atoms with E-state index < -0.39 is 0 Å². The van der Waals surface area contributed by atoms with Crippen LogP contribution in [0.4, 0.5) is 4.39 Å². The number of amides is 1. The van der Waals surface area contributed by atoms with Crippen LogP contribution in [0.2, 0.25) is 0 Å². The van der Waals surface area contributed by atoms with Gasteiger partial charge in [0.2, 0.25) is 5.91 Å². The molecule has 1 N–H and O–H groups in total. The molecule has 1 aliphatic heterocycles. The minimum Gasteiger partial charge on any atom is -0.342 e. The maximum atomic E-state index is 13.7. The van der Waals surface area contributed by atoms with Gasteiger partial charge in [-0.25, -0.2) is 9.37 Å². The molecule has 1 fully saturated rings. The van der Waals surface area contributed by atoms with E-state index in [1.54, 1.807) is 23.1 Å². The molecule has 0 bridgehead atoms. The van der Waals surface area contributed by atoms with Crippen molar-refractivity contribution >= 4 is 5.91 Å². The molecule has 2 heterocycles. The van der Waals surface area contributed by atoms with Gasteiger partial charge in [0.05, 0.1) is 6.42 Å². The lowest BCUT2D eigenvalue weighted by Gasteiger charge is -2.31. The van der Waals surface area contributed by atoms with Gasteiger partial charge in [-0.2, -0.15) is 5.10 Å². The molecular formula is C16H19FN4O. The van der Waals surface area contributed by atoms with Crippen LogP contribution in [0.5, 0.6) is 0 Å². The highest BCUT2D eigenvalue weighted by Crippen LogP contribution is 2.25. The first-order valence-corrected chi connectivity index (χ1v) is 7.53. The fourth-order valence-corrected chi connectivity index (χ4v) is 2.87. The molecule has 3 rings (SSSR count). The highest BCUT2D eigenvalue weighted by atomic mass is 19.1. The number of aromatic nitrogens is 3. The van der Waals surface area contributed by atoms with E-state index in [1.165, 1.54) is 6.07 Å². The largest absolute Gasteiger partial charge is 0.342 e. The number of aryl methyl sites for hydroxylation is 1. The maximum Gasteiger partial charge on any atom is 0.227 e. The van der Waals surface area contributed by atoms with E-state index in [4.69, 9.17) is 0 Å². The normalized spacial score (nSPS) is 18.5. The smallest absolute Gasteiger partial charge is 0.227 e. The third-order valence-corrected chi connectivity index (χ3v) is 4.05. The number of hydrogen-bond acceptors (Lipinski definition) is 3. The Kier molecular flexibility index (Phi) is 4.18. The van der Waals surface area contributed by atoms with Gasteiger partial charge in [-0.1, -0.05) is 18.2 Å². The number of halogens is 1. The van der Waals surface area contributed by atoms with Gasteiger partial charge in [0.15, 0.2) is 5.82 Å². The predicted molar refractivity (Wildman–Crippen MR) is 79.8 cm³/mol. The summed E-state index contributed by atoms with van der Waals surface area (Å²) in [4.78, 5) is 18.6. The van der Waals surface area contributed by atoms with Gasteiger partial charge in [0.1, 0.15) is 11.6 Å². The summed E-state index contributed by atoms with van der Waals surface area (Å²) in [7, 11) is 0. The van der Waals surface area contributed by atoms with Gasteiger partial charge in [0.25, 0.3) is 0 Å². The molecule has 0 unspecified atom stereocenters. The van der Waals surface area contributed by atoms with Crippen molar-refractivity contribution in [1.29, 1.82) is 0 Å². The molecule has 1 aromatic carbocycles. The van der Waals surface area contributed by atoms with Crippen LogP contribution in [-0.4, -0.2) is 39.1 Å². The molecule has 0 saturated carbocycles. The summed E-state index contributed by atoms with van der Waals surface area (Å²) in [5.74, 6) is 1.34. The van der Waals surface area contributed by atoms with Gasteiger partial charge >= 0.3 is 0 Å². The predicted octanol–water partition coefficient (Wildman–Crippen LogP) is 2.20.